The summed E-state index contributed by atoms with van der Waals surface area (Å²) in [6.07, 6.45) is 6.93. The largest absolute Gasteiger partial charge is 0.379 e. The molecule has 0 saturated carbocycles. The summed E-state index contributed by atoms with van der Waals surface area (Å²) in [6, 6.07) is 4.38. The molecule has 1 atom stereocenters. The average molecular weight is 346 g/mol. The Kier molecular flexibility index (Phi) is 5.79. The van der Waals surface area contributed by atoms with Crippen molar-refractivity contribution in [3.8, 4) is 0 Å². The van der Waals surface area contributed by atoms with Gasteiger partial charge in [-0.25, -0.2) is 0 Å². The predicted octanol–water partition coefficient (Wildman–Crippen LogP) is 1.68. The number of hydrogen-bond acceptors (Lipinski definition) is 5. The van der Waals surface area contributed by atoms with Crippen molar-refractivity contribution in [3.63, 3.8) is 0 Å². The molecule has 0 aliphatic carbocycles. The Morgan fingerprint density at radius 1 is 1.50 bits per heavy atom. The van der Waals surface area contributed by atoms with E-state index in [0.29, 0.717) is 6.54 Å². The molecule has 0 aromatic carbocycles. The van der Waals surface area contributed by atoms with Crippen LogP contribution in [0.15, 0.2) is 36.0 Å². The first-order chi connectivity index (χ1) is 11.7. The first-order valence-electron chi connectivity index (χ1n) is 8.02. The van der Waals surface area contributed by atoms with E-state index < -0.39 is 0 Å². The van der Waals surface area contributed by atoms with Gasteiger partial charge in [-0.05, 0) is 17.5 Å². The maximum Gasteiger partial charge on any atom is 0.244 e. The van der Waals surface area contributed by atoms with Crippen molar-refractivity contribution in [1.29, 1.82) is 0 Å². The highest BCUT2D eigenvalue weighted by atomic mass is 32.1. The zero-order chi connectivity index (χ0) is 16.8. The third kappa shape index (κ3) is 4.53. The lowest BCUT2D eigenvalue weighted by atomic mass is 10.2. The minimum Gasteiger partial charge on any atom is -0.379 e. The molecule has 1 aliphatic heterocycles. The average Bonchev–Trinajstić information content (AvgIpc) is 3.26. The molecule has 0 spiro atoms. The molecule has 2 aromatic rings. The number of thiophene rings is 1. The summed E-state index contributed by atoms with van der Waals surface area (Å²) in [5.41, 5.74) is 0.913. The second-order valence-electron chi connectivity index (χ2n) is 5.71. The molecule has 0 bridgehead atoms. The third-order valence-corrected chi connectivity index (χ3v) is 4.95. The van der Waals surface area contributed by atoms with Gasteiger partial charge >= 0.3 is 0 Å². The number of amides is 1. The van der Waals surface area contributed by atoms with Crippen molar-refractivity contribution in [2.45, 2.75) is 6.04 Å². The zero-order valence-electron chi connectivity index (χ0n) is 13.7. The van der Waals surface area contributed by atoms with Crippen LogP contribution in [-0.4, -0.2) is 53.4 Å². The van der Waals surface area contributed by atoms with Gasteiger partial charge in [0.15, 0.2) is 0 Å². The Balaban J connectivity index is 1.58. The molecule has 1 saturated heterocycles. The maximum absolute atomic E-state index is 12.1. The van der Waals surface area contributed by atoms with Crippen LogP contribution in [0, 0.1) is 0 Å². The molecule has 0 unspecified atom stereocenters. The van der Waals surface area contributed by atoms with E-state index in [1.54, 1.807) is 34.4 Å². The Bertz CT molecular complexity index is 675. The normalized spacial score (nSPS) is 17.2. The van der Waals surface area contributed by atoms with Crippen LogP contribution >= 0.6 is 11.3 Å². The number of hydrogen-bond donors (Lipinski definition) is 1. The van der Waals surface area contributed by atoms with Crippen LogP contribution in [0.2, 0.25) is 0 Å². The molecular weight excluding hydrogens is 324 g/mol. The number of morpholine rings is 1. The van der Waals surface area contributed by atoms with E-state index in [2.05, 4.69) is 32.8 Å². The van der Waals surface area contributed by atoms with Gasteiger partial charge in [0, 0.05) is 49.4 Å². The van der Waals surface area contributed by atoms with Crippen LogP contribution in [0.3, 0.4) is 0 Å². The lowest BCUT2D eigenvalue weighted by Gasteiger charge is -2.34. The lowest BCUT2D eigenvalue weighted by Crippen LogP contribution is -2.43. The van der Waals surface area contributed by atoms with Crippen molar-refractivity contribution < 1.29 is 9.53 Å². The number of nitrogens with one attached hydrogen (secondary N) is 1. The molecule has 24 heavy (non-hydrogen) atoms. The first-order valence-corrected chi connectivity index (χ1v) is 8.90. The minimum atomic E-state index is -0.0892. The van der Waals surface area contributed by atoms with Gasteiger partial charge in [0.25, 0.3) is 0 Å². The molecule has 7 heteroatoms. The SMILES string of the molecule is Cn1cc(/C=C\C(=O)NC[C@H](c2cccs2)N2CCOCC2)cn1. The Morgan fingerprint density at radius 2 is 2.33 bits per heavy atom. The smallest absolute Gasteiger partial charge is 0.244 e. The summed E-state index contributed by atoms with van der Waals surface area (Å²) in [5.74, 6) is -0.0892. The fraction of sp³-hybridized carbons (Fsp3) is 0.412. The van der Waals surface area contributed by atoms with Gasteiger partial charge in [-0.15, -0.1) is 11.3 Å². The second kappa shape index (κ2) is 8.23. The summed E-state index contributed by atoms with van der Waals surface area (Å²) in [4.78, 5) is 15.8. The highest BCUT2D eigenvalue weighted by molar-refractivity contribution is 7.10. The van der Waals surface area contributed by atoms with Crippen LogP contribution < -0.4 is 5.32 Å². The number of carbonyl (C=O) groups is 1. The molecule has 3 rings (SSSR count). The van der Waals surface area contributed by atoms with E-state index in [1.807, 2.05) is 13.2 Å². The van der Waals surface area contributed by atoms with Crippen molar-refractivity contribution in [1.82, 2.24) is 20.0 Å². The molecular formula is C17H22N4O2S. The number of aryl methyl sites for hydroxylation is 1. The van der Waals surface area contributed by atoms with Gasteiger partial charge in [-0.1, -0.05) is 6.07 Å². The third-order valence-electron chi connectivity index (χ3n) is 3.98. The van der Waals surface area contributed by atoms with Crippen LogP contribution in [0.25, 0.3) is 6.08 Å². The van der Waals surface area contributed by atoms with Crippen molar-refractivity contribution in [2.24, 2.45) is 7.05 Å². The van der Waals surface area contributed by atoms with E-state index in [1.165, 1.54) is 4.88 Å². The van der Waals surface area contributed by atoms with E-state index in [-0.39, 0.29) is 11.9 Å². The summed E-state index contributed by atoms with van der Waals surface area (Å²) in [6.45, 7) is 3.87. The molecule has 0 radical (unpaired) electrons. The predicted molar refractivity (Wildman–Crippen MR) is 94.7 cm³/mol. The zero-order valence-corrected chi connectivity index (χ0v) is 14.5. The topological polar surface area (TPSA) is 59.4 Å². The van der Waals surface area contributed by atoms with Crippen molar-refractivity contribution in [3.05, 3.63) is 46.4 Å². The van der Waals surface area contributed by atoms with Gasteiger partial charge < -0.3 is 10.1 Å². The van der Waals surface area contributed by atoms with Gasteiger partial charge in [0.2, 0.25) is 5.91 Å². The quantitative estimate of drug-likeness (QED) is 0.809. The van der Waals surface area contributed by atoms with Crippen LogP contribution in [-0.2, 0) is 16.6 Å². The van der Waals surface area contributed by atoms with E-state index >= 15 is 0 Å². The molecule has 1 N–H and O–H groups in total. The summed E-state index contributed by atoms with van der Waals surface area (Å²) >= 11 is 1.73. The fourth-order valence-electron chi connectivity index (χ4n) is 2.73. The monoisotopic (exact) mass is 346 g/mol. The number of nitrogens with zero attached hydrogens (tertiary/aromatic N) is 3. The standard InChI is InChI=1S/C17H22N4O2S/c1-20-13-14(11-19-20)4-5-17(22)18-12-15(16-3-2-10-24-16)21-6-8-23-9-7-21/h2-5,10-11,13,15H,6-9,12H2,1H3,(H,18,22)/b5-4-/t15-/m1/s1. The lowest BCUT2D eigenvalue weighted by molar-refractivity contribution is -0.116. The molecule has 1 fully saturated rings. The highest BCUT2D eigenvalue weighted by Gasteiger charge is 2.23. The highest BCUT2D eigenvalue weighted by Crippen LogP contribution is 2.25. The molecule has 1 amide bonds. The van der Waals surface area contributed by atoms with Crippen molar-refractivity contribution in [2.75, 3.05) is 32.8 Å². The fourth-order valence-corrected chi connectivity index (χ4v) is 3.59. The van der Waals surface area contributed by atoms with Crippen LogP contribution in [0.1, 0.15) is 16.5 Å². The van der Waals surface area contributed by atoms with Gasteiger partial charge in [0.1, 0.15) is 0 Å². The molecule has 2 aromatic heterocycles. The van der Waals surface area contributed by atoms with Gasteiger partial charge in [0.05, 0.1) is 25.5 Å². The van der Waals surface area contributed by atoms with Gasteiger partial charge in [-0.2, -0.15) is 5.10 Å². The Morgan fingerprint density at radius 3 is 3.00 bits per heavy atom. The number of carbonyl (C=O) groups excluding carboxylic acids is 1. The molecule has 1 aliphatic rings. The van der Waals surface area contributed by atoms with Crippen LogP contribution in [0.5, 0.6) is 0 Å². The summed E-state index contributed by atoms with van der Waals surface area (Å²) < 4.78 is 7.15. The van der Waals surface area contributed by atoms with E-state index in [0.717, 1.165) is 31.9 Å². The number of aromatic nitrogens is 2. The molecule has 6 nitrogen and oxygen atoms in total. The molecule has 3 heterocycles. The summed E-state index contributed by atoms with van der Waals surface area (Å²) in [7, 11) is 1.85. The Hall–Kier alpha value is -1.96. The first kappa shape index (κ1) is 16.9. The van der Waals surface area contributed by atoms with Crippen molar-refractivity contribution >= 4 is 23.3 Å². The summed E-state index contributed by atoms with van der Waals surface area (Å²) in [5, 5.41) is 9.17. The van der Waals surface area contributed by atoms with E-state index in [9.17, 15) is 4.79 Å². The molecule has 128 valence electrons. The number of ether oxygens (including phenoxy) is 1. The van der Waals surface area contributed by atoms with Gasteiger partial charge in [-0.3, -0.25) is 14.4 Å². The minimum absolute atomic E-state index is 0.0892. The maximum atomic E-state index is 12.1. The van der Waals surface area contributed by atoms with Crippen LogP contribution in [0.4, 0.5) is 0 Å². The number of rotatable bonds is 6. The van der Waals surface area contributed by atoms with E-state index in [4.69, 9.17) is 4.74 Å². The second-order valence-corrected chi connectivity index (χ2v) is 6.68. The Labute approximate surface area is 145 Å².